The lowest BCUT2D eigenvalue weighted by Gasteiger charge is -2.14. The van der Waals surface area contributed by atoms with Crippen LogP contribution in [0.2, 0.25) is 0 Å². The van der Waals surface area contributed by atoms with Crippen molar-refractivity contribution in [3.05, 3.63) is 39.9 Å². The van der Waals surface area contributed by atoms with Gasteiger partial charge in [0, 0.05) is 30.7 Å². The van der Waals surface area contributed by atoms with Gasteiger partial charge in [0.25, 0.3) is 0 Å². The van der Waals surface area contributed by atoms with Crippen LogP contribution < -0.4 is 0 Å². The van der Waals surface area contributed by atoms with Crippen molar-refractivity contribution in [2.75, 3.05) is 20.2 Å². The first-order valence-corrected chi connectivity index (χ1v) is 7.64. The molecule has 0 bridgehead atoms. The Morgan fingerprint density at radius 1 is 1.35 bits per heavy atom. The SMILES string of the molecule is Cc1ccc(/C=C/C(=O)N(C)CCCCCO)c(Br)c1. The summed E-state index contributed by atoms with van der Waals surface area (Å²) in [6.45, 7) is 2.97. The van der Waals surface area contributed by atoms with E-state index in [-0.39, 0.29) is 12.5 Å². The number of carbonyl (C=O) groups excluding carboxylic acids is 1. The molecule has 0 aliphatic rings. The van der Waals surface area contributed by atoms with Gasteiger partial charge in [0.15, 0.2) is 0 Å². The van der Waals surface area contributed by atoms with Crippen molar-refractivity contribution in [1.82, 2.24) is 4.90 Å². The van der Waals surface area contributed by atoms with Crippen molar-refractivity contribution >= 4 is 27.9 Å². The molecule has 0 fully saturated rings. The quantitative estimate of drug-likeness (QED) is 0.611. The van der Waals surface area contributed by atoms with E-state index in [0.29, 0.717) is 0 Å². The van der Waals surface area contributed by atoms with Gasteiger partial charge in [-0.3, -0.25) is 4.79 Å². The van der Waals surface area contributed by atoms with Gasteiger partial charge >= 0.3 is 0 Å². The summed E-state index contributed by atoms with van der Waals surface area (Å²) in [6, 6.07) is 6.04. The molecule has 1 aromatic rings. The highest BCUT2D eigenvalue weighted by atomic mass is 79.9. The molecule has 0 saturated heterocycles. The molecular formula is C16H22BrNO2. The number of amides is 1. The van der Waals surface area contributed by atoms with E-state index in [0.717, 1.165) is 35.8 Å². The zero-order valence-corrected chi connectivity index (χ0v) is 13.7. The summed E-state index contributed by atoms with van der Waals surface area (Å²) in [4.78, 5) is 13.6. The van der Waals surface area contributed by atoms with E-state index in [1.165, 1.54) is 5.56 Å². The summed E-state index contributed by atoms with van der Waals surface area (Å²) in [7, 11) is 1.80. The maximum Gasteiger partial charge on any atom is 0.246 e. The maximum absolute atomic E-state index is 11.9. The van der Waals surface area contributed by atoms with Gasteiger partial charge in [-0.2, -0.15) is 0 Å². The second kappa shape index (κ2) is 8.93. The number of hydrogen-bond acceptors (Lipinski definition) is 2. The molecule has 1 N–H and O–H groups in total. The number of benzene rings is 1. The Bertz CT molecular complexity index is 472. The molecule has 20 heavy (non-hydrogen) atoms. The fourth-order valence-corrected chi connectivity index (χ4v) is 2.43. The second-order valence-electron chi connectivity index (χ2n) is 4.90. The molecule has 0 aliphatic heterocycles. The number of halogens is 1. The van der Waals surface area contributed by atoms with Crippen molar-refractivity contribution in [2.24, 2.45) is 0 Å². The third-order valence-corrected chi connectivity index (χ3v) is 3.78. The molecule has 1 rings (SSSR count). The smallest absolute Gasteiger partial charge is 0.246 e. The first-order valence-electron chi connectivity index (χ1n) is 6.85. The number of hydrogen-bond donors (Lipinski definition) is 1. The Morgan fingerprint density at radius 3 is 2.75 bits per heavy atom. The number of aliphatic hydroxyl groups excluding tert-OH is 1. The van der Waals surface area contributed by atoms with Gasteiger partial charge in [0.1, 0.15) is 0 Å². The van der Waals surface area contributed by atoms with Gasteiger partial charge in [0.05, 0.1) is 0 Å². The number of nitrogens with zero attached hydrogens (tertiary/aromatic N) is 1. The lowest BCUT2D eigenvalue weighted by molar-refractivity contribution is -0.124. The van der Waals surface area contributed by atoms with Gasteiger partial charge in [-0.1, -0.05) is 28.1 Å². The van der Waals surface area contributed by atoms with E-state index in [1.807, 2.05) is 31.2 Å². The summed E-state index contributed by atoms with van der Waals surface area (Å²) >= 11 is 3.49. The molecule has 3 nitrogen and oxygen atoms in total. The summed E-state index contributed by atoms with van der Waals surface area (Å²) in [5.74, 6) is 0.00136. The molecule has 4 heteroatoms. The van der Waals surface area contributed by atoms with Gasteiger partial charge in [-0.05, 0) is 49.5 Å². The van der Waals surface area contributed by atoms with Crippen LogP contribution in [-0.2, 0) is 4.79 Å². The summed E-state index contributed by atoms with van der Waals surface area (Å²) in [5, 5.41) is 8.70. The minimum absolute atomic E-state index is 0.00136. The Hall–Kier alpha value is -1.13. The van der Waals surface area contributed by atoms with Gasteiger partial charge < -0.3 is 10.0 Å². The lowest BCUT2D eigenvalue weighted by atomic mass is 10.1. The van der Waals surface area contributed by atoms with Crippen LogP contribution in [0.15, 0.2) is 28.7 Å². The minimum atomic E-state index is 0.00136. The first kappa shape index (κ1) is 16.9. The number of likely N-dealkylation sites (N-methyl/N-ethyl adjacent to an activating group) is 1. The van der Waals surface area contributed by atoms with Gasteiger partial charge in [-0.15, -0.1) is 0 Å². The Balaban J connectivity index is 2.49. The van der Waals surface area contributed by atoms with E-state index in [1.54, 1.807) is 18.0 Å². The third kappa shape index (κ3) is 5.88. The lowest BCUT2D eigenvalue weighted by Crippen LogP contribution is -2.25. The van der Waals surface area contributed by atoms with Crippen molar-refractivity contribution in [1.29, 1.82) is 0 Å². The minimum Gasteiger partial charge on any atom is -0.396 e. The van der Waals surface area contributed by atoms with Crippen LogP contribution in [0.1, 0.15) is 30.4 Å². The van der Waals surface area contributed by atoms with Crippen LogP contribution in [0.5, 0.6) is 0 Å². The van der Waals surface area contributed by atoms with E-state index >= 15 is 0 Å². The summed E-state index contributed by atoms with van der Waals surface area (Å²) < 4.78 is 0.993. The predicted molar refractivity (Wildman–Crippen MR) is 86.5 cm³/mol. The Morgan fingerprint density at radius 2 is 2.10 bits per heavy atom. The van der Waals surface area contributed by atoms with Gasteiger partial charge in [0.2, 0.25) is 5.91 Å². The maximum atomic E-state index is 11.9. The standard InChI is InChI=1S/C16H22BrNO2/c1-13-6-7-14(15(17)12-13)8-9-16(20)18(2)10-4-3-5-11-19/h6-9,12,19H,3-5,10-11H2,1-2H3/b9-8+. The fourth-order valence-electron chi connectivity index (χ4n) is 1.80. The van der Waals surface area contributed by atoms with Crippen molar-refractivity contribution in [3.8, 4) is 0 Å². The number of aryl methyl sites for hydroxylation is 1. The Labute approximate surface area is 129 Å². The monoisotopic (exact) mass is 339 g/mol. The zero-order chi connectivity index (χ0) is 15.0. The molecule has 0 radical (unpaired) electrons. The number of aliphatic hydroxyl groups is 1. The van der Waals surface area contributed by atoms with Gasteiger partial charge in [-0.25, -0.2) is 0 Å². The van der Waals surface area contributed by atoms with Crippen LogP contribution in [-0.4, -0.2) is 36.1 Å². The van der Waals surface area contributed by atoms with E-state index < -0.39 is 0 Å². The predicted octanol–water partition coefficient (Wildman–Crippen LogP) is 3.39. The zero-order valence-electron chi connectivity index (χ0n) is 12.1. The van der Waals surface area contributed by atoms with Crippen LogP contribution in [0.3, 0.4) is 0 Å². The van der Waals surface area contributed by atoms with Crippen molar-refractivity contribution < 1.29 is 9.90 Å². The fraction of sp³-hybridized carbons (Fsp3) is 0.438. The number of rotatable bonds is 7. The molecule has 0 aliphatic carbocycles. The highest BCUT2D eigenvalue weighted by Gasteiger charge is 2.04. The average Bonchev–Trinajstić information content (AvgIpc) is 2.42. The van der Waals surface area contributed by atoms with Crippen LogP contribution in [0, 0.1) is 6.92 Å². The van der Waals surface area contributed by atoms with Crippen LogP contribution in [0.4, 0.5) is 0 Å². The van der Waals surface area contributed by atoms with E-state index in [2.05, 4.69) is 15.9 Å². The molecular weight excluding hydrogens is 318 g/mol. The topological polar surface area (TPSA) is 40.5 Å². The molecule has 1 aromatic carbocycles. The summed E-state index contributed by atoms with van der Waals surface area (Å²) in [5.41, 5.74) is 2.18. The van der Waals surface area contributed by atoms with Crippen molar-refractivity contribution in [3.63, 3.8) is 0 Å². The van der Waals surface area contributed by atoms with E-state index in [4.69, 9.17) is 5.11 Å². The number of carbonyl (C=O) groups is 1. The molecule has 0 heterocycles. The van der Waals surface area contributed by atoms with Crippen LogP contribution >= 0.6 is 15.9 Å². The van der Waals surface area contributed by atoms with E-state index in [9.17, 15) is 4.79 Å². The molecule has 0 saturated carbocycles. The molecule has 110 valence electrons. The molecule has 1 amide bonds. The summed E-state index contributed by atoms with van der Waals surface area (Å²) in [6.07, 6.45) is 6.10. The molecule has 0 unspecified atom stereocenters. The van der Waals surface area contributed by atoms with Crippen molar-refractivity contribution in [2.45, 2.75) is 26.2 Å². The molecule has 0 aromatic heterocycles. The molecule has 0 spiro atoms. The first-order chi connectivity index (χ1) is 9.54. The highest BCUT2D eigenvalue weighted by molar-refractivity contribution is 9.10. The third-order valence-electron chi connectivity index (χ3n) is 3.09. The van der Waals surface area contributed by atoms with Crippen LogP contribution in [0.25, 0.3) is 6.08 Å². The average molecular weight is 340 g/mol. The highest BCUT2D eigenvalue weighted by Crippen LogP contribution is 2.19. The normalized spacial score (nSPS) is 11.0. The Kier molecular flexibility index (Phi) is 7.55. The molecule has 0 atom stereocenters. The largest absolute Gasteiger partial charge is 0.396 e. The number of unbranched alkanes of at least 4 members (excludes halogenated alkanes) is 2. The second-order valence-corrected chi connectivity index (χ2v) is 5.76.